The number of aryl methyl sites for hydroxylation is 2. The molecule has 154 valence electrons. The first-order valence-corrected chi connectivity index (χ1v) is 10.5. The summed E-state index contributed by atoms with van der Waals surface area (Å²) in [5, 5.41) is 5.74. The largest absolute Gasteiger partial charge is 0.481 e. The number of benzene rings is 2. The van der Waals surface area contributed by atoms with Crippen LogP contribution in [0.5, 0.6) is 5.75 Å². The Hall–Kier alpha value is -2.82. The lowest BCUT2D eigenvalue weighted by Gasteiger charge is -2.21. The summed E-state index contributed by atoms with van der Waals surface area (Å²) in [6.45, 7) is 5.72. The van der Waals surface area contributed by atoms with Crippen LogP contribution in [-0.2, 0) is 17.6 Å². The van der Waals surface area contributed by atoms with Crippen LogP contribution in [0.2, 0.25) is 0 Å². The molecule has 0 spiro atoms. The second-order valence-electron chi connectivity index (χ2n) is 7.82. The van der Waals surface area contributed by atoms with Crippen LogP contribution < -0.4 is 15.4 Å². The van der Waals surface area contributed by atoms with Crippen molar-refractivity contribution in [3.63, 3.8) is 0 Å². The number of amides is 2. The fourth-order valence-electron chi connectivity index (χ4n) is 3.61. The molecule has 2 aromatic carbocycles. The Morgan fingerprint density at radius 1 is 1.03 bits per heavy atom. The quantitative estimate of drug-likeness (QED) is 0.727. The number of carbonyl (C=O) groups is 2. The molecule has 0 saturated carbocycles. The molecule has 0 bridgehead atoms. The number of nitrogens with one attached hydrogen (secondary N) is 2. The number of anilines is 1. The van der Waals surface area contributed by atoms with Crippen LogP contribution in [-0.4, -0.2) is 24.0 Å². The predicted octanol–water partition coefficient (Wildman–Crippen LogP) is 4.50. The Morgan fingerprint density at radius 2 is 1.76 bits per heavy atom. The van der Waals surface area contributed by atoms with Crippen LogP contribution in [0, 0.1) is 0 Å². The van der Waals surface area contributed by atoms with E-state index in [0.29, 0.717) is 17.7 Å². The number of fused-ring (bicyclic) bond motifs is 1. The van der Waals surface area contributed by atoms with Gasteiger partial charge in [-0.05, 0) is 81.3 Å². The molecule has 0 unspecified atom stereocenters. The SMILES string of the molecule is CC[C@@H](Oc1ccc2c(c1)CCCC2)C(=O)Nc1ccccc1C(=O)NC(C)C. The third kappa shape index (κ3) is 5.37. The summed E-state index contributed by atoms with van der Waals surface area (Å²) < 4.78 is 6.02. The van der Waals surface area contributed by atoms with E-state index < -0.39 is 6.10 Å². The number of ether oxygens (including phenoxy) is 1. The minimum atomic E-state index is -0.627. The van der Waals surface area contributed by atoms with Gasteiger partial charge in [0.15, 0.2) is 6.10 Å². The van der Waals surface area contributed by atoms with E-state index in [2.05, 4.69) is 22.8 Å². The number of hydrogen-bond acceptors (Lipinski definition) is 3. The molecule has 0 fully saturated rings. The third-order valence-corrected chi connectivity index (χ3v) is 5.11. The average Bonchev–Trinajstić information content (AvgIpc) is 2.71. The molecule has 3 rings (SSSR count). The van der Waals surface area contributed by atoms with Gasteiger partial charge in [-0.15, -0.1) is 0 Å². The van der Waals surface area contributed by atoms with Gasteiger partial charge in [-0.2, -0.15) is 0 Å². The van der Waals surface area contributed by atoms with Gasteiger partial charge in [0, 0.05) is 6.04 Å². The van der Waals surface area contributed by atoms with Gasteiger partial charge in [0.25, 0.3) is 11.8 Å². The Bertz CT molecular complexity index is 876. The van der Waals surface area contributed by atoms with E-state index in [9.17, 15) is 9.59 Å². The first kappa shape index (κ1) is 20.9. The van der Waals surface area contributed by atoms with Crippen molar-refractivity contribution in [3.05, 3.63) is 59.2 Å². The van der Waals surface area contributed by atoms with Crippen molar-refractivity contribution < 1.29 is 14.3 Å². The number of hydrogen-bond donors (Lipinski definition) is 2. The van der Waals surface area contributed by atoms with Crippen molar-refractivity contribution in [2.45, 2.75) is 65.0 Å². The van der Waals surface area contributed by atoms with Crippen LogP contribution in [0.25, 0.3) is 0 Å². The highest BCUT2D eigenvalue weighted by atomic mass is 16.5. The molecular weight excluding hydrogens is 364 g/mol. The number of para-hydroxylation sites is 1. The van der Waals surface area contributed by atoms with E-state index in [0.717, 1.165) is 18.6 Å². The highest BCUT2D eigenvalue weighted by Gasteiger charge is 2.22. The van der Waals surface area contributed by atoms with Crippen molar-refractivity contribution in [2.24, 2.45) is 0 Å². The van der Waals surface area contributed by atoms with Crippen molar-refractivity contribution >= 4 is 17.5 Å². The Morgan fingerprint density at radius 3 is 2.48 bits per heavy atom. The standard InChI is InChI=1S/C24H30N2O3/c1-4-22(29-19-14-13-17-9-5-6-10-18(17)15-19)24(28)26-21-12-8-7-11-20(21)23(27)25-16(2)3/h7-8,11-16,22H,4-6,9-10H2,1-3H3,(H,25,27)(H,26,28)/t22-/m1/s1. The fraction of sp³-hybridized carbons (Fsp3) is 0.417. The van der Waals surface area contributed by atoms with Gasteiger partial charge in [0.2, 0.25) is 0 Å². The molecule has 2 N–H and O–H groups in total. The zero-order valence-electron chi connectivity index (χ0n) is 17.5. The zero-order chi connectivity index (χ0) is 20.8. The average molecular weight is 395 g/mol. The van der Waals surface area contributed by atoms with Crippen LogP contribution in [0.15, 0.2) is 42.5 Å². The van der Waals surface area contributed by atoms with E-state index >= 15 is 0 Å². The summed E-state index contributed by atoms with van der Waals surface area (Å²) >= 11 is 0. The van der Waals surface area contributed by atoms with Crippen molar-refractivity contribution in [1.82, 2.24) is 5.32 Å². The molecule has 0 saturated heterocycles. The Balaban J connectivity index is 1.72. The second kappa shape index (κ2) is 9.59. The second-order valence-corrected chi connectivity index (χ2v) is 7.82. The van der Waals surface area contributed by atoms with E-state index in [1.807, 2.05) is 26.8 Å². The summed E-state index contributed by atoms with van der Waals surface area (Å²) in [5.41, 5.74) is 3.63. The van der Waals surface area contributed by atoms with Crippen LogP contribution in [0.1, 0.15) is 61.5 Å². The predicted molar refractivity (Wildman–Crippen MR) is 115 cm³/mol. The van der Waals surface area contributed by atoms with E-state index in [-0.39, 0.29) is 17.9 Å². The fourth-order valence-corrected chi connectivity index (χ4v) is 3.61. The van der Waals surface area contributed by atoms with Gasteiger partial charge in [0.1, 0.15) is 5.75 Å². The molecular formula is C24H30N2O3. The first-order chi connectivity index (χ1) is 14.0. The Labute approximate surface area is 172 Å². The normalized spacial score (nSPS) is 14.1. The minimum Gasteiger partial charge on any atom is -0.481 e. The summed E-state index contributed by atoms with van der Waals surface area (Å²) in [4.78, 5) is 25.3. The molecule has 1 atom stereocenters. The molecule has 1 aliphatic carbocycles. The highest BCUT2D eigenvalue weighted by Crippen LogP contribution is 2.26. The van der Waals surface area contributed by atoms with Gasteiger partial charge in [0.05, 0.1) is 11.3 Å². The van der Waals surface area contributed by atoms with Crippen molar-refractivity contribution in [2.75, 3.05) is 5.32 Å². The van der Waals surface area contributed by atoms with E-state index in [1.54, 1.807) is 24.3 Å². The van der Waals surface area contributed by atoms with Gasteiger partial charge in [-0.3, -0.25) is 9.59 Å². The lowest BCUT2D eigenvalue weighted by atomic mass is 9.92. The minimum absolute atomic E-state index is 0.0157. The molecule has 2 amide bonds. The Kier molecular flexibility index (Phi) is 6.91. The van der Waals surface area contributed by atoms with Gasteiger partial charge < -0.3 is 15.4 Å². The highest BCUT2D eigenvalue weighted by molar-refractivity contribution is 6.04. The molecule has 1 aliphatic rings. The maximum Gasteiger partial charge on any atom is 0.265 e. The number of carbonyl (C=O) groups excluding carboxylic acids is 2. The van der Waals surface area contributed by atoms with Gasteiger partial charge >= 0.3 is 0 Å². The zero-order valence-corrected chi connectivity index (χ0v) is 17.5. The summed E-state index contributed by atoms with van der Waals surface area (Å²) in [6.07, 6.45) is 4.51. The van der Waals surface area contributed by atoms with Crippen molar-refractivity contribution in [3.8, 4) is 5.75 Å². The molecule has 0 heterocycles. The molecule has 5 nitrogen and oxygen atoms in total. The van der Waals surface area contributed by atoms with Crippen molar-refractivity contribution in [1.29, 1.82) is 0 Å². The lowest BCUT2D eigenvalue weighted by molar-refractivity contribution is -0.122. The monoisotopic (exact) mass is 394 g/mol. The van der Waals surface area contributed by atoms with Crippen LogP contribution in [0.4, 0.5) is 5.69 Å². The molecule has 0 radical (unpaired) electrons. The van der Waals surface area contributed by atoms with Gasteiger partial charge in [-0.1, -0.05) is 25.1 Å². The van der Waals surface area contributed by atoms with Gasteiger partial charge in [-0.25, -0.2) is 0 Å². The summed E-state index contributed by atoms with van der Waals surface area (Å²) in [7, 11) is 0. The topological polar surface area (TPSA) is 67.4 Å². The smallest absolute Gasteiger partial charge is 0.265 e. The van der Waals surface area contributed by atoms with Crippen LogP contribution >= 0.6 is 0 Å². The maximum absolute atomic E-state index is 12.9. The summed E-state index contributed by atoms with van der Waals surface area (Å²) in [6, 6.07) is 13.2. The third-order valence-electron chi connectivity index (χ3n) is 5.11. The molecule has 5 heteroatoms. The molecule has 2 aromatic rings. The van der Waals surface area contributed by atoms with Crippen LogP contribution in [0.3, 0.4) is 0 Å². The van der Waals surface area contributed by atoms with E-state index in [4.69, 9.17) is 4.74 Å². The molecule has 0 aliphatic heterocycles. The molecule has 0 aromatic heterocycles. The number of rotatable bonds is 7. The maximum atomic E-state index is 12.9. The first-order valence-electron chi connectivity index (χ1n) is 10.5. The lowest BCUT2D eigenvalue weighted by Crippen LogP contribution is -2.34. The summed E-state index contributed by atoms with van der Waals surface area (Å²) in [5.74, 6) is 0.257. The molecule has 29 heavy (non-hydrogen) atoms. The van der Waals surface area contributed by atoms with E-state index in [1.165, 1.54) is 24.0 Å².